The van der Waals surface area contributed by atoms with Crippen LogP contribution in [0.5, 0.6) is 11.5 Å². The second kappa shape index (κ2) is 15.6. The topological polar surface area (TPSA) is 33.5 Å². The Hall–Kier alpha value is -6.42. The standard InChI is InChI=1S/C59H51N4O.Pt/c1-57(2,3)39-25-30-51-53(33-39)62(56-44(38-17-10-9-11-18-38)28-29-49-55(56)47-22-12-14-23-48(47)59(49,7)8)37-61(51)41-19-16-20-42(35-41)64-43-26-27-46-45-21-13-15-24-50(45)63(52(46)36-43)54-34-40(31-32-60-54)58(4,5)6;/h9-34,37H,1-8H3;/q-3;. The van der Waals surface area contributed by atoms with Gasteiger partial charge in [-0.25, -0.2) is 4.98 Å². The summed E-state index contributed by atoms with van der Waals surface area (Å²) in [6, 6.07) is 61.7. The van der Waals surface area contributed by atoms with Crippen LogP contribution in [0.2, 0.25) is 0 Å². The van der Waals surface area contributed by atoms with Crippen LogP contribution in [-0.4, -0.2) is 9.55 Å². The molecule has 326 valence electrons. The molecule has 0 fully saturated rings. The van der Waals surface area contributed by atoms with Gasteiger partial charge in [0.1, 0.15) is 5.82 Å². The number of para-hydroxylation sites is 1. The largest absolute Gasteiger partial charge is 0.509 e. The maximum Gasteiger partial charge on any atom is 0.135 e. The zero-order valence-corrected chi connectivity index (χ0v) is 40.4. The van der Waals surface area contributed by atoms with E-state index < -0.39 is 0 Å². The smallest absolute Gasteiger partial charge is 0.135 e. The van der Waals surface area contributed by atoms with Gasteiger partial charge in [-0.05, 0) is 79.9 Å². The zero-order valence-electron chi connectivity index (χ0n) is 38.1. The molecule has 0 spiro atoms. The monoisotopic (exact) mass is 1030 g/mol. The van der Waals surface area contributed by atoms with E-state index in [-0.39, 0.29) is 37.3 Å². The summed E-state index contributed by atoms with van der Waals surface area (Å²) in [5.74, 6) is 2.06. The molecule has 0 unspecified atom stereocenters. The van der Waals surface area contributed by atoms with Gasteiger partial charge < -0.3 is 19.1 Å². The summed E-state index contributed by atoms with van der Waals surface area (Å²) >= 11 is 0. The number of hydrogen-bond acceptors (Lipinski definition) is 4. The molecule has 0 saturated heterocycles. The molecule has 0 atom stereocenters. The van der Waals surface area contributed by atoms with Gasteiger partial charge >= 0.3 is 0 Å². The van der Waals surface area contributed by atoms with Crippen molar-refractivity contribution in [2.24, 2.45) is 0 Å². The summed E-state index contributed by atoms with van der Waals surface area (Å²) in [6.07, 6.45) is 1.91. The third-order valence-corrected chi connectivity index (χ3v) is 13.3. The SMILES string of the molecule is CC(C)(C)c1ccnc(-n2c3[c-]c(Oc4[c-]c(N5[CH-]N(c6c(-c7ccccc7)ccc7c6-c6ccccc6C7(C)C)c6cc(C(C)(C)C)ccc65)ccc4)ccc3c3ccccc32)c1.[Pt]. The number of ether oxygens (including phenoxy) is 1. The van der Waals surface area contributed by atoms with E-state index in [2.05, 4.69) is 222 Å². The predicted octanol–water partition coefficient (Wildman–Crippen LogP) is 15.5. The Labute approximate surface area is 397 Å². The third kappa shape index (κ3) is 7.07. The first-order valence-corrected chi connectivity index (χ1v) is 22.3. The first kappa shape index (κ1) is 42.5. The van der Waals surface area contributed by atoms with E-state index in [0.717, 1.165) is 44.7 Å². The van der Waals surface area contributed by atoms with E-state index in [1.807, 2.05) is 24.4 Å². The van der Waals surface area contributed by atoms with Crippen molar-refractivity contribution in [3.63, 3.8) is 0 Å². The van der Waals surface area contributed by atoms with Gasteiger partial charge in [0.25, 0.3) is 0 Å². The van der Waals surface area contributed by atoms with Crippen molar-refractivity contribution in [2.45, 2.75) is 71.6 Å². The molecule has 11 rings (SSSR count). The summed E-state index contributed by atoms with van der Waals surface area (Å²) in [7, 11) is 0. The Balaban J connectivity index is 0.00000498. The predicted molar refractivity (Wildman–Crippen MR) is 265 cm³/mol. The number of nitrogens with zero attached hydrogens (tertiary/aromatic N) is 4. The van der Waals surface area contributed by atoms with E-state index in [1.54, 1.807) is 0 Å². The van der Waals surface area contributed by atoms with E-state index in [1.165, 1.54) is 50.2 Å². The molecule has 3 heterocycles. The molecule has 65 heavy (non-hydrogen) atoms. The van der Waals surface area contributed by atoms with Gasteiger partial charge in [0, 0.05) is 77.9 Å². The Morgan fingerprint density at radius 1 is 0.585 bits per heavy atom. The van der Waals surface area contributed by atoms with Gasteiger partial charge in [0.2, 0.25) is 0 Å². The molecule has 2 aliphatic rings. The van der Waals surface area contributed by atoms with Gasteiger partial charge in [0.15, 0.2) is 0 Å². The number of pyridine rings is 1. The normalized spacial score (nSPS) is 14.0. The molecule has 9 aromatic rings. The molecule has 1 aliphatic heterocycles. The van der Waals surface area contributed by atoms with Crippen LogP contribution in [0.4, 0.5) is 22.7 Å². The molecular weight excluding hydrogens is 976 g/mol. The van der Waals surface area contributed by atoms with Crippen molar-refractivity contribution in [2.75, 3.05) is 9.80 Å². The van der Waals surface area contributed by atoms with Crippen molar-refractivity contribution in [3.05, 3.63) is 199 Å². The van der Waals surface area contributed by atoms with Gasteiger partial charge in [-0.1, -0.05) is 152 Å². The maximum atomic E-state index is 6.72. The third-order valence-electron chi connectivity index (χ3n) is 13.3. The van der Waals surface area contributed by atoms with Crippen molar-refractivity contribution in [1.29, 1.82) is 0 Å². The van der Waals surface area contributed by atoms with Crippen LogP contribution < -0.4 is 14.5 Å². The minimum Gasteiger partial charge on any atom is -0.509 e. The maximum absolute atomic E-state index is 6.72. The van der Waals surface area contributed by atoms with Crippen LogP contribution >= 0.6 is 0 Å². The van der Waals surface area contributed by atoms with Gasteiger partial charge in [-0.15, -0.1) is 48.1 Å². The Bertz CT molecular complexity index is 3300. The summed E-state index contributed by atoms with van der Waals surface area (Å²) in [5.41, 5.74) is 16.1. The number of fused-ring (bicyclic) bond motifs is 7. The van der Waals surface area contributed by atoms with Crippen molar-refractivity contribution in [3.8, 4) is 39.6 Å². The number of rotatable bonds is 6. The van der Waals surface area contributed by atoms with Crippen molar-refractivity contribution in [1.82, 2.24) is 9.55 Å². The van der Waals surface area contributed by atoms with E-state index >= 15 is 0 Å². The van der Waals surface area contributed by atoms with Gasteiger partial charge in [0.05, 0.1) is 0 Å². The summed E-state index contributed by atoms with van der Waals surface area (Å²) in [4.78, 5) is 9.56. The Morgan fingerprint density at radius 2 is 1.31 bits per heavy atom. The fourth-order valence-corrected chi connectivity index (χ4v) is 9.81. The number of aromatic nitrogens is 2. The summed E-state index contributed by atoms with van der Waals surface area (Å²) in [5, 5.41) is 2.24. The fourth-order valence-electron chi connectivity index (χ4n) is 9.81. The molecular formula is C59H51N4OPt-3. The minimum absolute atomic E-state index is 0. The fraction of sp³-hybridized carbons (Fsp3) is 0.186. The molecule has 6 heteroatoms. The van der Waals surface area contributed by atoms with E-state index in [9.17, 15) is 0 Å². The van der Waals surface area contributed by atoms with Crippen LogP contribution in [0.3, 0.4) is 0 Å². The van der Waals surface area contributed by atoms with Gasteiger partial charge in [-0.3, -0.25) is 0 Å². The van der Waals surface area contributed by atoms with Crippen LogP contribution in [0.25, 0.3) is 49.9 Å². The molecule has 1 aliphatic carbocycles. The van der Waals surface area contributed by atoms with E-state index in [0.29, 0.717) is 11.5 Å². The Morgan fingerprint density at radius 3 is 2.11 bits per heavy atom. The second-order valence-corrected chi connectivity index (χ2v) is 19.8. The molecule has 0 N–H and O–H groups in total. The molecule has 0 bridgehead atoms. The number of anilines is 4. The van der Waals surface area contributed by atoms with Crippen molar-refractivity contribution >= 4 is 44.6 Å². The zero-order chi connectivity index (χ0) is 44.1. The van der Waals surface area contributed by atoms with Crippen LogP contribution in [-0.2, 0) is 37.3 Å². The molecule has 0 amide bonds. The first-order chi connectivity index (χ1) is 30.8. The molecule has 0 radical (unpaired) electrons. The Kier molecular flexibility index (Phi) is 10.2. The summed E-state index contributed by atoms with van der Waals surface area (Å²) < 4.78 is 8.92. The molecule has 7 aromatic carbocycles. The molecule has 2 aromatic heterocycles. The average molecular weight is 1030 g/mol. The molecule has 5 nitrogen and oxygen atoms in total. The molecule has 0 saturated carbocycles. The van der Waals surface area contributed by atoms with Crippen LogP contribution in [0.1, 0.15) is 77.6 Å². The quantitative estimate of drug-likeness (QED) is 0.155. The average Bonchev–Trinajstić information content (AvgIpc) is 3.91. The minimum atomic E-state index is -0.161. The van der Waals surface area contributed by atoms with Crippen LogP contribution in [0.15, 0.2) is 158 Å². The summed E-state index contributed by atoms with van der Waals surface area (Å²) in [6.45, 7) is 20.5. The number of benzene rings is 7. The van der Waals surface area contributed by atoms with Gasteiger partial charge in [-0.2, -0.15) is 12.1 Å². The second-order valence-electron chi connectivity index (χ2n) is 19.8. The number of hydrogen-bond donors (Lipinski definition) is 0. The van der Waals surface area contributed by atoms with Crippen LogP contribution in [0, 0.1) is 18.8 Å². The van der Waals surface area contributed by atoms with E-state index in [4.69, 9.17) is 9.72 Å². The first-order valence-electron chi connectivity index (χ1n) is 22.3. The van der Waals surface area contributed by atoms with Crippen molar-refractivity contribution < 1.29 is 25.8 Å².